The molecule has 1 aromatic rings. The number of hydrogen-bond donors (Lipinski definition) is 0. The first-order valence-electron chi connectivity index (χ1n) is 7.49. The number of carbonyl (C=O) groups is 2. The van der Waals surface area contributed by atoms with Gasteiger partial charge in [0.1, 0.15) is 4.32 Å². The van der Waals surface area contributed by atoms with Gasteiger partial charge in [0.05, 0.1) is 12.0 Å². The van der Waals surface area contributed by atoms with Gasteiger partial charge in [-0.05, 0) is 24.5 Å². The first-order valence-corrected chi connectivity index (χ1v) is 8.71. The van der Waals surface area contributed by atoms with E-state index in [4.69, 9.17) is 12.2 Å². The first-order chi connectivity index (χ1) is 11.1. The third kappa shape index (κ3) is 5.18. The van der Waals surface area contributed by atoms with Gasteiger partial charge in [-0.15, -0.1) is 0 Å². The molecule has 122 valence electrons. The fraction of sp³-hybridized carbons (Fsp3) is 0.353. The lowest BCUT2D eigenvalue weighted by atomic mass is 10.2. The Balaban J connectivity index is 1.84. The van der Waals surface area contributed by atoms with Gasteiger partial charge in [-0.1, -0.05) is 60.7 Å². The molecule has 0 aromatic heterocycles. The largest absolute Gasteiger partial charge is 0.469 e. The number of unbranched alkanes of at least 4 members (excludes halogenated alkanes) is 2. The van der Waals surface area contributed by atoms with Gasteiger partial charge in [-0.3, -0.25) is 14.5 Å². The fourth-order valence-corrected chi connectivity index (χ4v) is 3.52. The lowest BCUT2D eigenvalue weighted by Crippen LogP contribution is -2.29. The topological polar surface area (TPSA) is 46.6 Å². The van der Waals surface area contributed by atoms with E-state index in [9.17, 15) is 9.59 Å². The molecule has 1 heterocycles. The molecule has 2 rings (SSSR count). The quantitative estimate of drug-likeness (QED) is 0.326. The van der Waals surface area contributed by atoms with Gasteiger partial charge in [0.25, 0.3) is 5.91 Å². The lowest BCUT2D eigenvalue weighted by Gasteiger charge is -2.13. The molecule has 1 aliphatic rings. The molecule has 23 heavy (non-hydrogen) atoms. The number of esters is 1. The minimum atomic E-state index is -0.193. The summed E-state index contributed by atoms with van der Waals surface area (Å²) in [5.74, 6) is -0.224. The standard InChI is InChI=1S/C17H19NO3S2/c1-21-15(19)10-6-3-7-11-18-16(20)14(23-17(18)22)12-13-8-4-2-5-9-13/h2,4-5,8-9,12H,3,6-7,10-11H2,1H3. The summed E-state index contributed by atoms with van der Waals surface area (Å²) >= 11 is 6.65. The Morgan fingerprint density at radius 3 is 2.70 bits per heavy atom. The molecule has 1 amide bonds. The van der Waals surface area contributed by atoms with Crippen LogP contribution in [0.15, 0.2) is 35.2 Å². The van der Waals surface area contributed by atoms with E-state index >= 15 is 0 Å². The number of hydrogen-bond acceptors (Lipinski definition) is 5. The van der Waals surface area contributed by atoms with E-state index in [1.54, 1.807) is 4.90 Å². The number of thioether (sulfide) groups is 1. The Labute approximate surface area is 145 Å². The second-order valence-corrected chi connectivity index (χ2v) is 6.81. The van der Waals surface area contributed by atoms with Crippen LogP contribution in [0.25, 0.3) is 6.08 Å². The van der Waals surface area contributed by atoms with E-state index in [1.807, 2.05) is 36.4 Å². The predicted octanol–water partition coefficient (Wildman–Crippen LogP) is 3.62. The van der Waals surface area contributed by atoms with Crippen molar-refractivity contribution in [3.63, 3.8) is 0 Å². The van der Waals surface area contributed by atoms with Gasteiger partial charge < -0.3 is 4.74 Å². The van der Waals surface area contributed by atoms with Gasteiger partial charge in [0, 0.05) is 13.0 Å². The molecule has 1 saturated heterocycles. The van der Waals surface area contributed by atoms with E-state index in [0.717, 1.165) is 24.8 Å². The zero-order valence-corrected chi connectivity index (χ0v) is 14.6. The molecule has 0 unspecified atom stereocenters. The van der Waals surface area contributed by atoms with Crippen molar-refractivity contribution in [3.8, 4) is 0 Å². The maximum atomic E-state index is 12.4. The van der Waals surface area contributed by atoms with Gasteiger partial charge in [-0.2, -0.15) is 0 Å². The van der Waals surface area contributed by atoms with E-state index in [0.29, 0.717) is 22.2 Å². The molecule has 0 spiro atoms. The van der Waals surface area contributed by atoms with E-state index in [1.165, 1.54) is 18.9 Å². The number of thiocarbonyl (C=S) groups is 1. The van der Waals surface area contributed by atoms with Crippen molar-refractivity contribution >= 4 is 46.3 Å². The second kappa shape index (κ2) is 8.84. The summed E-state index contributed by atoms with van der Waals surface area (Å²) in [6.07, 6.45) is 4.74. The smallest absolute Gasteiger partial charge is 0.305 e. The minimum Gasteiger partial charge on any atom is -0.469 e. The van der Waals surface area contributed by atoms with Crippen molar-refractivity contribution in [3.05, 3.63) is 40.8 Å². The third-order valence-electron chi connectivity index (χ3n) is 3.46. The van der Waals surface area contributed by atoms with Crippen LogP contribution in [0.2, 0.25) is 0 Å². The number of methoxy groups -OCH3 is 1. The van der Waals surface area contributed by atoms with Crippen molar-refractivity contribution in [1.29, 1.82) is 0 Å². The van der Waals surface area contributed by atoms with Crippen molar-refractivity contribution in [2.24, 2.45) is 0 Å². The van der Waals surface area contributed by atoms with Crippen LogP contribution in [0.3, 0.4) is 0 Å². The van der Waals surface area contributed by atoms with Crippen LogP contribution in [0.1, 0.15) is 31.2 Å². The van der Waals surface area contributed by atoms with Crippen molar-refractivity contribution in [2.75, 3.05) is 13.7 Å². The number of carbonyl (C=O) groups excluding carboxylic acids is 2. The number of nitrogens with zero attached hydrogens (tertiary/aromatic N) is 1. The monoisotopic (exact) mass is 349 g/mol. The van der Waals surface area contributed by atoms with Gasteiger partial charge >= 0.3 is 5.97 Å². The van der Waals surface area contributed by atoms with Crippen LogP contribution in [0.4, 0.5) is 0 Å². The molecule has 0 N–H and O–H groups in total. The molecular formula is C17H19NO3S2. The molecule has 0 atom stereocenters. The molecule has 0 aliphatic carbocycles. The van der Waals surface area contributed by atoms with E-state index in [-0.39, 0.29) is 11.9 Å². The highest BCUT2D eigenvalue weighted by molar-refractivity contribution is 8.26. The first kappa shape index (κ1) is 17.7. The molecule has 0 radical (unpaired) electrons. The zero-order valence-electron chi connectivity index (χ0n) is 13.0. The molecule has 0 saturated carbocycles. The maximum absolute atomic E-state index is 12.4. The predicted molar refractivity (Wildman–Crippen MR) is 96.8 cm³/mol. The van der Waals surface area contributed by atoms with E-state index in [2.05, 4.69) is 4.74 Å². The van der Waals surface area contributed by atoms with Gasteiger partial charge in [-0.25, -0.2) is 0 Å². The highest BCUT2D eigenvalue weighted by atomic mass is 32.2. The average molecular weight is 349 g/mol. The highest BCUT2D eigenvalue weighted by Crippen LogP contribution is 2.32. The second-order valence-electron chi connectivity index (χ2n) is 5.13. The summed E-state index contributed by atoms with van der Waals surface area (Å²) in [4.78, 5) is 25.8. The van der Waals surface area contributed by atoms with Gasteiger partial charge in [0.15, 0.2) is 0 Å². The van der Waals surface area contributed by atoms with Crippen LogP contribution in [-0.4, -0.2) is 34.8 Å². The fourth-order valence-electron chi connectivity index (χ4n) is 2.21. The molecule has 0 bridgehead atoms. The lowest BCUT2D eigenvalue weighted by molar-refractivity contribution is -0.140. The zero-order chi connectivity index (χ0) is 16.7. The number of amides is 1. The summed E-state index contributed by atoms with van der Waals surface area (Å²) in [7, 11) is 1.39. The van der Waals surface area contributed by atoms with Crippen LogP contribution < -0.4 is 0 Å². The number of ether oxygens (including phenoxy) is 1. The van der Waals surface area contributed by atoms with Crippen LogP contribution >= 0.6 is 24.0 Å². The average Bonchev–Trinajstić information content (AvgIpc) is 2.82. The summed E-state index contributed by atoms with van der Waals surface area (Å²) in [6, 6.07) is 9.73. The number of benzene rings is 1. The third-order valence-corrected chi connectivity index (χ3v) is 4.84. The summed E-state index contributed by atoms with van der Waals surface area (Å²) in [5, 5.41) is 0. The maximum Gasteiger partial charge on any atom is 0.305 e. The molecular weight excluding hydrogens is 330 g/mol. The van der Waals surface area contributed by atoms with Gasteiger partial charge in [0.2, 0.25) is 0 Å². The van der Waals surface area contributed by atoms with Crippen molar-refractivity contribution in [1.82, 2.24) is 4.90 Å². The molecule has 4 nitrogen and oxygen atoms in total. The Morgan fingerprint density at radius 1 is 1.26 bits per heavy atom. The van der Waals surface area contributed by atoms with E-state index < -0.39 is 0 Å². The molecule has 6 heteroatoms. The molecule has 1 aromatic carbocycles. The Bertz CT molecular complexity index is 614. The Hall–Kier alpha value is -1.66. The van der Waals surface area contributed by atoms with Crippen molar-refractivity contribution in [2.45, 2.75) is 25.7 Å². The molecule has 1 fully saturated rings. The SMILES string of the molecule is COC(=O)CCCCCN1C(=O)C(=Cc2ccccc2)SC1=S. The minimum absolute atomic E-state index is 0.0307. The summed E-state index contributed by atoms with van der Waals surface area (Å²) < 4.78 is 5.20. The Kier molecular flexibility index (Phi) is 6.80. The van der Waals surface area contributed by atoms with Crippen LogP contribution in [0, 0.1) is 0 Å². The van der Waals surface area contributed by atoms with Crippen LogP contribution in [0.5, 0.6) is 0 Å². The van der Waals surface area contributed by atoms with Crippen molar-refractivity contribution < 1.29 is 14.3 Å². The molecule has 1 aliphatic heterocycles. The summed E-state index contributed by atoms with van der Waals surface area (Å²) in [5.41, 5.74) is 0.992. The number of rotatable bonds is 7. The summed E-state index contributed by atoms with van der Waals surface area (Å²) in [6.45, 7) is 0.595. The highest BCUT2D eigenvalue weighted by Gasteiger charge is 2.31. The van der Waals surface area contributed by atoms with Crippen LogP contribution in [-0.2, 0) is 14.3 Å². The Morgan fingerprint density at radius 2 is 2.00 bits per heavy atom. The normalized spacial score (nSPS) is 16.2.